The second-order valence-electron chi connectivity index (χ2n) is 5.49. The molecule has 0 unspecified atom stereocenters. The second kappa shape index (κ2) is 8.77. The fourth-order valence-electron chi connectivity index (χ4n) is 2.43. The summed E-state index contributed by atoms with van der Waals surface area (Å²) in [5.41, 5.74) is 0.252. The molecule has 0 fully saturated rings. The second-order valence-corrected chi connectivity index (χ2v) is 7.09. The molecular formula is C15H26O7S. The molecule has 134 valence electrons. The van der Waals surface area contributed by atoms with Gasteiger partial charge in [-0.25, -0.2) is 4.79 Å². The SMILES string of the molecule is CCOC(=O)C1=C[C@@H](OC(CC)CC)[C@@H](O)[C@@H](OS(C)(=O)=O)C1. The highest BCUT2D eigenvalue weighted by atomic mass is 32.2. The topological polar surface area (TPSA) is 99.1 Å². The van der Waals surface area contributed by atoms with Crippen molar-refractivity contribution >= 4 is 16.1 Å². The van der Waals surface area contributed by atoms with Gasteiger partial charge in [-0.2, -0.15) is 8.42 Å². The summed E-state index contributed by atoms with van der Waals surface area (Å²) in [6.07, 6.45) is 0.654. The van der Waals surface area contributed by atoms with Gasteiger partial charge in [0.25, 0.3) is 10.1 Å². The van der Waals surface area contributed by atoms with Crippen LogP contribution in [0.5, 0.6) is 0 Å². The Morgan fingerprint density at radius 1 is 1.35 bits per heavy atom. The van der Waals surface area contributed by atoms with E-state index in [0.717, 1.165) is 19.1 Å². The summed E-state index contributed by atoms with van der Waals surface area (Å²) in [6, 6.07) is 0. The predicted molar refractivity (Wildman–Crippen MR) is 84.3 cm³/mol. The molecule has 0 saturated heterocycles. The maximum atomic E-state index is 12.0. The molecule has 0 bridgehead atoms. The van der Waals surface area contributed by atoms with Gasteiger partial charge >= 0.3 is 5.97 Å². The van der Waals surface area contributed by atoms with E-state index in [-0.39, 0.29) is 24.7 Å². The van der Waals surface area contributed by atoms with Crippen LogP contribution in [-0.4, -0.2) is 56.8 Å². The minimum atomic E-state index is -3.78. The molecule has 7 nitrogen and oxygen atoms in total. The summed E-state index contributed by atoms with van der Waals surface area (Å²) < 4.78 is 38.4. The molecule has 0 heterocycles. The molecule has 0 amide bonds. The smallest absolute Gasteiger partial charge is 0.333 e. The van der Waals surface area contributed by atoms with Crippen molar-refractivity contribution in [1.82, 2.24) is 0 Å². The van der Waals surface area contributed by atoms with Gasteiger partial charge in [-0.05, 0) is 25.8 Å². The summed E-state index contributed by atoms with van der Waals surface area (Å²) in [5.74, 6) is -0.556. The average Bonchev–Trinajstić information content (AvgIpc) is 2.46. The highest BCUT2D eigenvalue weighted by Crippen LogP contribution is 2.27. The van der Waals surface area contributed by atoms with Crippen LogP contribution in [0.1, 0.15) is 40.0 Å². The first-order valence-corrected chi connectivity index (χ1v) is 9.63. The molecule has 0 aromatic carbocycles. The molecule has 0 spiro atoms. The van der Waals surface area contributed by atoms with Crippen LogP contribution in [0.15, 0.2) is 11.6 Å². The van der Waals surface area contributed by atoms with Crippen LogP contribution in [0.4, 0.5) is 0 Å². The van der Waals surface area contributed by atoms with Crippen molar-refractivity contribution in [1.29, 1.82) is 0 Å². The van der Waals surface area contributed by atoms with Crippen LogP contribution in [0.3, 0.4) is 0 Å². The Balaban J connectivity index is 3.03. The van der Waals surface area contributed by atoms with E-state index in [2.05, 4.69) is 0 Å². The molecule has 0 aromatic heterocycles. The molecule has 1 N–H and O–H groups in total. The van der Waals surface area contributed by atoms with Crippen molar-refractivity contribution in [3.63, 3.8) is 0 Å². The highest BCUT2D eigenvalue weighted by molar-refractivity contribution is 7.86. The third kappa shape index (κ3) is 6.21. The molecule has 8 heteroatoms. The number of hydrogen-bond donors (Lipinski definition) is 1. The van der Waals surface area contributed by atoms with Crippen molar-refractivity contribution in [3.8, 4) is 0 Å². The third-order valence-corrected chi connectivity index (χ3v) is 4.20. The van der Waals surface area contributed by atoms with Crippen molar-refractivity contribution < 1.29 is 32.0 Å². The zero-order chi connectivity index (χ0) is 17.6. The number of aliphatic hydroxyl groups is 1. The molecular weight excluding hydrogens is 324 g/mol. The quantitative estimate of drug-likeness (QED) is 0.518. The monoisotopic (exact) mass is 350 g/mol. The third-order valence-electron chi connectivity index (χ3n) is 3.60. The molecule has 0 aromatic rings. The molecule has 3 atom stereocenters. The number of aliphatic hydroxyl groups excluding tert-OH is 1. The van der Waals surface area contributed by atoms with Crippen molar-refractivity contribution in [2.75, 3.05) is 12.9 Å². The zero-order valence-electron chi connectivity index (χ0n) is 14.0. The lowest BCUT2D eigenvalue weighted by Crippen LogP contribution is -2.46. The largest absolute Gasteiger partial charge is 0.463 e. The fourth-order valence-corrected chi connectivity index (χ4v) is 3.06. The first kappa shape index (κ1) is 20.1. The van der Waals surface area contributed by atoms with E-state index in [0.29, 0.717) is 0 Å². The summed E-state index contributed by atoms with van der Waals surface area (Å²) in [6.45, 7) is 5.78. The first-order chi connectivity index (χ1) is 10.7. The van der Waals surface area contributed by atoms with E-state index in [9.17, 15) is 18.3 Å². The Bertz CT molecular complexity index is 522. The molecule has 1 rings (SSSR count). The van der Waals surface area contributed by atoms with Gasteiger partial charge in [-0.15, -0.1) is 0 Å². The Morgan fingerprint density at radius 2 is 1.96 bits per heavy atom. The maximum Gasteiger partial charge on any atom is 0.333 e. The molecule has 0 aliphatic heterocycles. The Morgan fingerprint density at radius 3 is 2.43 bits per heavy atom. The number of hydrogen-bond acceptors (Lipinski definition) is 7. The summed E-state index contributed by atoms with van der Waals surface area (Å²) in [4.78, 5) is 12.0. The minimum absolute atomic E-state index is 0.0458. The van der Waals surface area contributed by atoms with Crippen LogP contribution in [-0.2, 0) is 28.6 Å². The van der Waals surface area contributed by atoms with Crippen molar-refractivity contribution in [3.05, 3.63) is 11.6 Å². The maximum absolute atomic E-state index is 12.0. The van der Waals surface area contributed by atoms with Crippen LogP contribution in [0.25, 0.3) is 0 Å². The van der Waals surface area contributed by atoms with E-state index in [1.165, 1.54) is 6.08 Å². The van der Waals surface area contributed by atoms with Gasteiger partial charge in [-0.1, -0.05) is 13.8 Å². The molecule has 1 aliphatic carbocycles. The van der Waals surface area contributed by atoms with Gasteiger partial charge in [-0.3, -0.25) is 4.18 Å². The van der Waals surface area contributed by atoms with E-state index < -0.39 is 34.4 Å². The number of rotatable bonds is 8. The van der Waals surface area contributed by atoms with E-state index >= 15 is 0 Å². The Hall–Kier alpha value is -0.960. The van der Waals surface area contributed by atoms with Crippen molar-refractivity contribution in [2.24, 2.45) is 0 Å². The van der Waals surface area contributed by atoms with Gasteiger partial charge in [0.05, 0.1) is 19.0 Å². The van der Waals surface area contributed by atoms with E-state index in [1.54, 1.807) is 6.92 Å². The molecule has 0 saturated carbocycles. The lowest BCUT2D eigenvalue weighted by molar-refractivity contribution is -0.140. The Kier molecular flexibility index (Phi) is 7.66. The van der Waals surface area contributed by atoms with Gasteiger partial charge < -0.3 is 14.6 Å². The number of carbonyl (C=O) groups excluding carboxylic acids is 1. The van der Waals surface area contributed by atoms with Gasteiger partial charge in [0, 0.05) is 12.0 Å². The number of esters is 1. The zero-order valence-corrected chi connectivity index (χ0v) is 14.8. The van der Waals surface area contributed by atoms with E-state index in [4.69, 9.17) is 13.7 Å². The minimum Gasteiger partial charge on any atom is -0.463 e. The van der Waals surface area contributed by atoms with Crippen molar-refractivity contribution in [2.45, 2.75) is 64.4 Å². The number of ether oxygens (including phenoxy) is 2. The first-order valence-electron chi connectivity index (χ1n) is 7.81. The average molecular weight is 350 g/mol. The van der Waals surface area contributed by atoms with Crippen LogP contribution in [0.2, 0.25) is 0 Å². The molecule has 1 aliphatic rings. The van der Waals surface area contributed by atoms with Crippen LogP contribution >= 0.6 is 0 Å². The fraction of sp³-hybridized carbons (Fsp3) is 0.800. The molecule has 23 heavy (non-hydrogen) atoms. The lowest BCUT2D eigenvalue weighted by Gasteiger charge is -2.34. The van der Waals surface area contributed by atoms with Crippen LogP contribution in [0, 0.1) is 0 Å². The van der Waals surface area contributed by atoms with Gasteiger partial charge in [0.15, 0.2) is 0 Å². The lowest BCUT2D eigenvalue weighted by atomic mass is 9.92. The summed E-state index contributed by atoms with van der Waals surface area (Å²) in [7, 11) is -3.78. The van der Waals surface area contributed by atoms with Crippen LogP contribution < -0.4 is 0 Å². The number of carbonyl (C=O) groups is 1. The summed E-state index contributed by atoms with van der Waals surface area (Å²) >= 11 is 0. The van der Waals surface area contributed by atoms with E-state index in [1.807, 2.05) is 13.8 Å². The standard InChI is InChI=1S/C15H26O7S/c1-5-11(6-2)21-12-8-10(15(17)20-7-3)9-13(14(12)16)22-23(4,18)19/h8,11-14,16H,5-7,9H2,1-4H3/t12-,13+,14-/m1/s1. The predicted octanol–water partition coefficient (Wildman–Crippen LogP) is 1.16. The Labute approximate surface area is 137 Å². The summed E-state index contributed by atoms with van der Waals surface area (Å²) in [5, 5.41) is 10.4. The highest BCUT2D eigenvalue weighted by Gasteiger charge is 2.38. The van der Waals surface area contributed by atoms with Gasteiger partial charge in [0.1, 0.15) is 18.3 Å². The molecule has 0 radical (unpaired) electrons. The van der Waals surface area contributed by atoms with Gasteiger partial charge in [0.2, 0.25) is 0 Å². The normalized spacial score (nSPS) is 25.3.